The van der Waals surface area contributed by atoms with E-state index in [1.807, 2.05) is 34.8 Å². The van der Waals surface area contributed by atoms with Gasteiger partial charge in [-0.2, -0.15) is 5.10 Å². The monoisotopic (exact) mass is 412 g/mol. The second-order valence-electron chi connectivity index (χ2n) is 9.20. The van der Waals surface area contributed by atoms with Crippen LogP contribution in [-0.2, 0) is 20.9 Å². The molecule has 2 bridgehead atoms. The fourth-order valence-corrected chi connectivity index (χ4v) is 5.98. The van der Waals surface area contributed by atoms with Gasteiger partial charge in [-0.1, -0.05) is 37.8 Å². The Morgan fingerprint density at radius 3 is 2.80 bits per heavy atom. The van der Waals surface area contributed by atoms with Crippen LogP contribution in [0.25, 0.3) is 0 Å². The number of fused-ring (bicyclic) bond motifs is 1. The molecule has 0 N–H and O–H groups in total. The molecule has 2 saturated heterocycles. The van der Waals surface area contributed by atoms with Crippen LogP contribution in [0, 0.1) is 11.8 Å². The Kier molecular flexibility index (Phi) is 5.17. The molecule has 1 spiro atoms. The van der Waals surface area contributed by atoms with Gasteiger partial charge in [-0.15, -0.1) is 0 Å². The number of likely N-dealkylation sites (tertiary alicyclic amines) is 1. The van der Waals surface area contributed by atoms with E-state index in [0.29, 0.717) is 32.2 Å². The van der Waals surface area contributed by atoms with E-state index in [4.69, 9.17) is 4.74 Å². The first kappa shape index (κ1) is 19.8. The summed E-state index contributed by atoms with van der Waals surface area (Å²) >= 11 is 0. The van der Waals surface area contributed by atoms with Crippen molar-refractivity contribution in [2.45, 2.75) is 69.7 Å². The molecule has 1 aliphatic carbocycles. The van der Waals surface area contributed by atoms with E-state index < -0.39 is 11.5 Å². The highest BCUT2D eigenvalue weighted by molar-refractivity contribution is 5.93. The summed E-state index contributed by atoms with van der Waals surface area (Å²) in [7, 11) is 0. The SMILES string of the molecule is CCN(CCn1cccn1)C(=O)C1C2C(=O)N(C3CCCCCC3)C[C@]23C=C[C@H]1O3. The van der Waals surface area contributed by atoms with Gasteiger partial charge < -0.3 is 14.5 Å². The number of nitrogens with zero attached hydrogens (tertiary/aromatic N) is 4. The molecule has 7 nitrogen and oxygen atoms in total. The van der Waals surface area contributed by atoms with Crippen molar-refractivity contribution in [3.63, 3.8) is 0 Å². The summed E-state index contributed by atoms with van der Waals surface area (Å²) in [6.45, 7) is 4.46. The standard InChI is InChI=1S/C23H32N4O3/c1-2-25(14-15-26-13-7-12-24-26)21(28)19-18-10-11-23(30-18)16-27(22(29)20(19)23)17-8-5-3-4-6-9-17/h7,10-13,17-20H,2-6,8-9,14-16H2,1H3/t18-,19?,20?,23-/m1/s1. The highest BCUT2D eigenvalue weighted by atomic mass is 16.5. The first-order valence-electron chi connectivity index (χ1n) is 11.6. The molecule has 0 aromatic carbocycles. The lowest BCUT2D eigenvalue weighted by atomic mass is 9.76. The average Bonchev–Trinajstić information content (AvgIpc) is 3.48. The van der Waals surface area contributed by atoms with Crippen molar-refractivity contribution in [3.8, 4) is 0 Å². The number of hydrogen-bond acceptors (Lipinski definition) is 4. The van der Waals surface area contributed by atoms with Crippen molar-refractivity contribution >= 4 is 11.8 Å². The van der Waals surface area contributed by atoms with Gasteiger partial charge in [0.25, 0.3) is 0 Å². The number of hydrogen-bond donors (Lipinski definition) is 0. The minimum absolute atomic E-state index is 0.0435. The van der Waals surface area contributed by atoms with Crippen molar-refractivity contribution < 1.29 is 14.3 Å². The fourth-order valence-electron chi connectivity index (χ4n) is 5.98. The molecule has 3 aliphatic heterocycles. The predicted octanol–water partition coefficient (Wildman–Crippen LogP) is 2.24. The number of carbonyl (C=O) groups excluding carboxylic acids is 2. The molecule has 2 unspecified atom stereocenters. The number of ether oxygens (including phenoxy) is 1. The fraction of sp³-hybridized carbons (Fsp3) is 0.696. The summed E-state index contributed by atoms with van der Waals surface area (Å²) < 4.78 is 8.18. The summed E-state index contributed by atoms with van der Waals surface area (Å²) in [5, 5.41) is 4.23. The minimum Gasteiger partial charge on any atom is -0.360 e. The molecule has 4 atom stereocenters. The summed E-state index contributed by atoms with van der Waals surface area (Å²) in [6, 6.07) is 2.18. The van der Waals surface area contributed by atoms with Crippen LogP contribution >= 0.6 is 0 Å². The van der Waals surface area contributed by atoms with Crippen molar-refractivity contribution in [1.29, 1.82) is 0 Å². The number of likely N-dealkylation sites (N-methyl/N-ethyl adjacent to an activating group) is 1. The van der Waals surface area contributed by atoms with E-state index in [-0.39, 0.29) is 23.8 Å². The first-order chi connectivity index (χ1) is 14.6. The molecule has 162 valence electrons. The minimum atomic E-state index is -0.601. The second-order valence-corrected chi connectivity index (χ2v) is 9.20. The van der Waals surface area contributed by atoms with Gasteiger partial charge in [0.05, 0.1) is 31.0 Å². The molecule has 4 heterocycles. The lowest BCUT2D eigenvalue weighted by Crippen LogP contribution is -2.47. The van der Waals surface area contributed by atoms with Crippen molar-refractivity contribution in [3.05, 3.63) is 30.6 Å². The lowest BCUT2D eigenvalue weighted by molar-refractivity contribution is -0.144. The molecule has 30 heavy (non-hydrogen) atoms. The van der Waals surface area contributed by atoms with E-state index in [1.54, 1.807) is 6.20 Å². The molecule has 1 aromatic heterocycles. The molecular weight excluding hydrogens is 380 g/mol. The summed E-state index contributed by atoms with van der Waals surface area (Å²) in [5.74, 6) is -0.602. The smallest absolute Gasteiger partial charge is 0.230 e. The van der Waals surface area contributed by atoms with Crippen LogP contribution in [0.4, 0.5) is 0 Å². The molecule has 0 radical (unpaired) electrons. The van der Waals surface area contributed by atoms with Crippen molar-refractivity contribution in [1.82, 2.24) is 19.6 Å². The second kappa shape index (κ2) is 7.84. The van der Waals surface area contributed by atoms with Gasteiger partial charge in [-0.25, -0.2) is 0 Å². The Balaban J connectivity index is 1.34. The van der Waals surface area contributed by atoms with Gasteiger partial charge in [0, 0.05) is 31.5 Å². The maximum Gasteiger partial charge on any atom is 0.230 e. The van der Waals surface area contributed by atoms with Crippen LogP contribution in [0.3, 0.4) is 0 Å². The quantitative estimate of drug-likeness (QED) is 0.531. The van der Waals surface area contributed by atoms with Gasteiger partial charge in [-0.05, 0) is 25.8 Å². The Labute approximate surface area is 178 Å². The van der Waals surface area contributed by atoms with Crippen LogP contribution in [0.5, 0.6) is 0 Å². The Bertz CT molecular complexity index is 814. The molecule has 1 aromatic rings. The molecular formula is C23H32N4O3. The Morgan fingerprint density at radius 2 is 2.10 bits per heavy atom. The third-order valence-electron chi connectivity index (χ3n) is 7.53. The highest BCUT2D eigenvalue weighted by Gasteiger charge is 2.67. The number of carbonyl (C=O) groups is 2. The van der Waals surface area contributed by atoms with Crippen molar-refractivity contribution in [2.75, 3.05) is 19.6 Å². The number of rotatable bonds is 6. The zero-order valence-corrected chi connectivity index (χ0v) is 17.8. The molecule has 4 aliphatic rings. The van der Waals surface area contributed by atoms with Crippen LogP contribution in [0.2, 0.25) is 0 Å². The summed E-state index contributed by atoms with van der Waals surface area (Å²) in [4.78, 5) is 31.1. The van der Waals surface area contributed by atoms with E-state index in [2.05, 4.69) is 16.1 Å². The van der Waals surface area contributed by atoms with Gasteiger partial charge in [0.2, 0.25) is 11.8 Å². The molecule has 3 fully saturated rings. The van der Waals surface area contributed by atoms with Crippen LogP contribution in [0.1, 0.15) is 45.4 Å². The predicted molar refractivity (Wildman–Crippen MR) is 111 cm³/mol. The topological polar surface area (TPSA) is 67.7 Å². The zero-order valence-electron chi connectivity index (χ0n) is 17.8. The van der Waals surface area contributed by atoms with Crippen molar-refractivity contribution in [2.24, 2.45) is 11.8 Å². The molecule has 2 amide bonds. The lowest BCUT2D eigenvalue weighted by Gasteiger charge is -2.31. The Morgan fingerprint density at radius 1 is 1.30 bits per heavy atom. The molecule has 1 saturated carbocycles. The number of amides is 2. The van der Waals surface area contributed by atoms with Gasteiger partial charge >= 0.3 is 0 Å². The van der Waals surface area contributed by atoms with Gasteiger partial charge in [-0.3, -0.25) is 14.3 Å². The molecule has 7 heteroatoms. The summed E-state index contributed by atoms with van der Waals surface area (Å²) in [6.07, 6.45) is 14.5. The van der Waals surface area contributed by atoms with Gasteiger partial charge in [0.1, 0.15) is 5.60 Å². The summed E-state index contributed by atoms with van der Waals surface area (Å²) in [5.41, 5.74) is -0.601. The van der Waals surface area contributed by atoms with Crippen LogP contribution in [-0.4, -0.2) is 68.8 Å². The Hall–Kier alpha value is -2.15. The van der Waals surface area contributed by atoms with E-state index >= 15 is 0 Å². The third-order valence-corrected chi connectivity index (χ3v) is 7.53. The van der Waals surface area contributed by atoms with E-state index in [9.17, 15) is 9.59 Å². The molecule has 5 rings (SSSR count). The van der Waals surface area contributed by atoms with E-state index in [1.165, 1.54) is 25.7 Å². The van der Waals surface area contributed by atoms with Crippen LogP contribution < -0.4 is 0 Å². The number of aromatic nitrogens is 2. The third kappa shape index (κ3) is 3.18. The van der Waals surface area contributed by atoms with E-state index in [0.717, 1.165) is 12.8 Å². The average molecular weight is 413 g/mol. The normalized spacial score (nSPS) is 33.2. The van der Waals surface area contributed by atoms with Gasteiger partial charge in [0.15, 0.2) is 0 Å². The largest absolute Gasteiger partial charge is 0.360 e. The maximum absolute atomic E-state index is 13.6. The van der Waals surface area contributed by atoms with Crippen LogP contribution in [0.15, 0.2) is 30.6 Å². The highest BCUT2D eigenvalue weighted by Crippen LogP contribution is 2.53. The maximum atomic E-state index is 13.6. The zero-order chi connectivity index (χ0) is 20.7. The first-order valence-corrected chi connectivity index (χ1v) is 11.6.